The second kappa shape index (κ2) is 5.75. The Morgan fingerprint density at radius 1 is 1.21 bits per heavy atom. The number of hydrogen-bond acceptors (Lipinski definition) is 4. The standard InChI is InChI=1S/C12H20N2O5/c15-7-8-3-1-2-4-13(8)12(19)14-6-9(16)5-10(14)11(17)18/h8-10,15-16H,1-7H2,(H,17,18)/t8?,9-,10-/m0/s1. The van der Waals surface area contributed by atoms with E-state index in [0.717, 1.165) is 19.3 Å². The highest BCUT2D eigenvalue weighted by Crippen LogP contribution is 2.24. The minimum atomic E-state index is -1.09. The molecule has 1 unspecified atom stereocenters. The molecule has 7 nitrogen and oxygen atoms in total. The zero-order valence-electron chi connectivity index (χ0n) is 10.7. The van der Waals surface area contributed by atoms with E-state index in [1.54, 1.807) is 0 Å². The maximum absolute atomic E-state index is 12.4. The molecule has 108 valence electrons. The molecule has 2 rings (SSSR count). The summed E-state index contributed by atoms with van der Waals surface area (Å²) in [7, 11) is 0. The second-order valence-electron chi connectivity index (χ2n) is 5.20. The van der Waals surface area contributed by atoms with E-state index in [0.29, 0.717) is 6.54 Å². The number of carboxylic acids is 1. The molecule has 0 aromatic rings. The van der Waals surface area contributed by atoms with Crippen LogP contribution in [0, 0.1) is 0 Å². The van der Waals surface area contributed by atoms with Gasteiger partial charge in [-0.15, -0.1) is 0 Å². The Hall–Kier alpha value is -1.34. The molecule has 2 aliphatic heterocycles. The molecule has 2 aliphatic rings. The van der Waals surface area contributed by atoms with Gasteiger partial charge in [0.05, 0.1) is 18.8 Å². The summed E-state index contributed by atoms with van der Waals surface area (Å²) in [5, 5.41) is 28.0. The molecule has 0 radical (unpaired) electrons. The van der Waals surface area contributed by atoms with Gasteiger partial charge < -0.3 is 25.1 Å². The van der Waals surface area contributed by atoms with Crippen LogP contribution in [-0.4, -0.2) is 75.0 Å². The van der Waals surface area contributed by atoms with Gasteiger partial charge in [0.25, 0.3) is 0 Å². The number of aliphatic hydroxyl groups is 2. The van der Waals surface area contributed by atoms with Gasteiger partial charge >= 0.3 is 12.0 Å². The fraction of sp³-hybridized carbons (Fsp3) is 0.833. The van der Waals surface area contributed by atoms with Crippen LogP contribution in [0.4, 0.5) is 4.79 Å². The van der Waals surface area contributed by atoms with Crippen molar-refractivity contribution in [3.8, 4) is 0 Å². The lowest BCUT2D eigenvalue weighted by Crippen LogP contribution is -2.54. The number of aliphatic carboxylic acids is 1. The number of amides is 2. The maximum atomic E-state index is 12.4. The number of rotatable bonds is 2. The zero-order chi connectivity index (χ0) is 14.0. The highest BCUT2D eigenvalue weighted by atomic mass is 16.4. The molecule has 2 saturated heterocycles. The first-order valence-corrected chi connectivity index (χ1v) is 6.63. The van der Waals surface area contributed by atoms with Crippen molar-refractivity contribution in [2.75, 3.05) is 19.7 Å². The molecule has 0 bridgehead atoms. The summed E-state index contributed by atoms with van der Waals surface area (Å²) in [5.74, 6) is -1.09. The lowest BCUT2D eigenvalue weighted by atomic mass is 10.0. The number of urea groups is 1. The predicted octanol–water partition coefficient (Wildman–Crippen LogP) is -0.527. The number of piperidine rings is 1. The summed E-state index contributed by atoms with van der Waals surface area (Å²) in [6.07, 6.45) is 1.83. The zero-order valence-corrected chi connectivity index (χ0v) is 10.7. The van der Waals surface area contributed by atoms with E-state index in [4.69, 9.17) is 5.11 Å². The van der Waals surface area contributed by atoms with E-state index in [9.17, 15) is 19.8 Å². The van der Waals surface area contributed by atoms with Gasteiger partial charge in [0.2, 0.25) is 0 Å². The molecule has 3 N–H and O–H groups in total. The van der Waals surface area contributed by atoms with E-state index < -0.39 is 18.1 Å². The molecule has 0 aromatic carbocycles. The molecule has 2 heterocycles. The average molecular weight is 272 g/mol. The average Bonchev–Trinajstić information content (AvgIpc) is 2.80. The van der Waals surface area contributed by atoms with Crippen molar-refractivity contribution in [1.82, 2.24) is 9.80 Å². The predicted molar refractivity (Wildman–Crippen MR) is 65.6 cm³/mol. The number of hydrogen-bond donors (Lipinski definition) is 3. The number of likely N-dealkylation sites (tertiary alicyclic amines) is 2. The number of carbonyl (C=O) groups is 2. The van der Waals surface area contributed by atoms with Gasteiger partial charge in [0.1, 0.15) is 6.04 Å². The number of nitrogens with zero attached hydrogens (tertiary/aromatic N) is 2. The first kappa shape index (κ1) is 14.1. The summed E-state index contributed by atoms with van der Waals surface area (Å²) < 4.78 is 0. The molecule has 2 amide bonds. The molecule has 0 spiro atoms. The van der Waals surface area contributed by atoms with Crippen LogP contribution < -0.4 is 0 Å². The smallest absolute Gasteiger partial charge is 0.326 e. The van der Waals surface area contributed by atoms with Crippen LogP contribution in [0.5, 0.6) is 0 Å². The number of carboxylic acid groups (broad SMARTS) is 1. The van der Waals surface area contributed by atoms with Crippen LogP contribution >= 0.6 is 0 Å². The van der Waals surface area contributed by atoms with Crippen molar-refractivity contribution in [2.45, 2.75) is 43.9 Å². The Labute approximate surface area is 111 Å². The molecule has 0 saturated carbocycles. The molecular formula is C12H20N2O5. The van der Waals surface area contributed by atoms with E-state index in [-0.39, 0.29) is 31.6 Å². The fourth-order valence-electron chi connectivity index (χ4n) is 2.87. The highest BCUT2D eigenvalue weighted by molar-refractivity contribution is 5.83. The van der Waals surface area contributed by atoms with Gasteiger partial charge in [-0.2, -0.15) is 0 Å². The first-order chi connectivity index (χ1) is 9.04. The van der Waals surface area contributed by atoms with Gasteiger partial charge in [-0.05, 0) is 19.3 Å². The quantitative estimate of drug-likeness (QED) is 0.627. The topological polar surface area (TPSA) is 101 Å². The maximum Gasteiger partial charge on any atom is 0.326 e. The van der Waals surface area contributed by atoms with Crippen LogP contribution in [0.15, 0.2) is 0 Å². The second-order valence-corrected chi connectivity index (χ2v) is 5.20. The molecule has 7 heteroatoms. The first-order valence-electron chi connectivity index (χ1n) is 6.63. The molecule has 19 heavy (non-hydrogen) atoms. The van der Waals surface area contributed by atoms with E-state index >= 15 is 0 Å². The Bertz CT molecular complexity index is 362. The van der Waals surface area contributed by atoms with Crippen molar-refractivity contribution < 1.29 is 24.9 Å². The van der Waals surface area contributed by atoms with Gasteiger partial charge in [0, 0.05) is 19.5 Å². The number of aliphatic hydroxyl groups excluding tert-OH is 2. The third-order valence-corrected chi connectivity index (χ3v) is 3.89. The summed E-state index contributed by atoms with van der Waals surface area (Å²) >= 11 is 0. The fourth-order valence-corrected chi connectivity index (χ4v) is 2.87. The van der Waals surface area contributed by atoms with Gasteiger partial charge in [-0.3, -0.25) is 0 Å². The largest absolute Gasteiger partial charge is 0.480 e. The van der Waals surface area contributed by atoms with Crippen molar-refractivity contribution >= 4 is 12.0 Å². The van der Waals surface area contributed by atoms with Crippen LogP contribution in [0.25, 0.3) is 0 Å². The van der Waals surface area contributed by atoms with E-state index in [1.807, 2.05) is 0 Å². The Balaban J connectivity index is 2.11. The highest BCUT2D eigenvalue weighted by Gasteiger charge is 2.42. The Morgan fingerprint density at radius 2 is 1.95 bits per heavy atom. The van der Waals surface area contributed by atoms with E-state index in [2.05, 4.69) is 0 Å². The number of carbonyl (C=O) groups excluding carboxylic acids is 1. The lowest BCUT2D eigenvalue weighted by Gasteiger charge is -2.38. The molecule has 0 aromatic heterocycles. The molecular weight excluding hydrogens is 252 g/mol. The van der Waals surface area contributed by atoms with Crippen molar-refractivity contribution in [3.63, 3.8) is 0 Å². The number of β-amino-alcohol motifs (C(OH)–C–C–N with tert-alkyl or cyclic N) is 1. The normalized spacial score (nSPS) is 31.6. The monoisotopic (exact) mass is 272 g/mol. The summed E-state index contributed by atoms with van der Waals surface area (Å²) in [5.41, 5.74) is 0. The molecule has 2 fully saturated rings. The third kappa shape index (κ3) is 2.82. The SMILES string of the molecule is O=C(O)[C@@H]1C[C@H](O)CN1C(=O)N1CCCCC1CO. The van der Waals surface area contributed by atoms with Crippen LogP contribution in [0.2, 0.25) is 0 Å². The Morgan fingerprint density at radius 3 is 2.58 bits per heavy atom. The lowest BCUT2D eigenvalue weighted by molar-refractivity contribution is -0.141. The summed E-state index contributed by atoms with van der Waals surface area (Å²) in [6.45, 7) is 0.466. The minimum absolute atomic E-state index is 0.0461. The van der Waals surface area contributed by atoms with Crippen LogP contribution in [-0.2, 0) is 4.79 Å². The van der Waals surface area contributed by atoms with Gasteiger partial charge in [-0.25, -0.2) is 9.59 Å². The van der Waals surface area contributed by atoms with Gasteiger partial charge in [-0.1, -0.05) is 0 Å². The summed E-state index contributed by atoms with van der Waals surface area (Å²) in [4.78, 5) is 26.3. The van der Waals surface area contributed by atoms with Crippen LogP contribution in [0.1, 0.15) is 25.7 Å². The van der Waals surface area contributed by atoms with Crippen molar-refractivity contribution in [1.29, 1.82) is 0 Å². The van der Waals surface area contributed by atoms with Gasteiger partial charge in [0.15, 0.2) is 0 Å². The minimum Gasteiger partial charge on any atom is -0.480 e. The van der Waals surface area contributed by atoms with Crippen molar-refractivity contribution in [3.05, 3.63) is 0 Å². The third-order valence-electron chi connectivity index (χ3n) is 3.89. The van der Waals surface area contributed by atoms with E-state index in [1.165, 1.54) is 9.80 Å². The molecule has 3 atom stereocenters. The summed E-state index contributed by atoms with van der Waals surface area (Å²) in [6, 6.07) is -1.60. The van der Waals surface area contributed by atoms with Crippen LogP contribution in [0.3, 0.4) is 0 Å². The molecule has 0 aliphatic carbocycles. The Kier molecular flexibility index (Phi) is 4.26. The van der Waals surface area contributed by atoms with Crippen molar-refractivity contribution in [2.24, 2.45) is 0 Å².